The van der Waals surface area contributed by atoms with Crippen molar-refractivity contribution in [3.63, 3.8) is 0 Å². The lowest BCUT2D eigenvalue weighted by Crippen LogP contribution is -2.15. The quantitative estimate of drug-likeness (QED) is 0.375. The van der Waals surface area contributed by atoms with Crippen LogP contribution in [0.5, 0.6) is 0 Å². The number of nitrogens with one attached hydrogen (secondary N) is 1. The summed E-state index contributed by atoms with van der Waals surface area (Å²) in [5.41, 5.74) is 3.07. The summed E-state index contributed by atoms with van der Waals surface area (Å²) in [5, 5.41) is 16.4. The third-order valence-electron chi connectivity index (χ3n) is 3.16. The summed E-state index contributed by atoms with van der Waals surface area (Å²) in [6, 6.07) is 11.3. The average molecular weight is 420 g/mol. The van der Waals surface area contributed by atoms with E-state index in [0.717, 1.165) is 0 Å². The first kappa shape index (κ1) is 17.1. The standard InChI is InChI=1S/C16H10BrN3O4S/c17-13-8-10(20(22)23)3-5-12(13)14-6-4-11(24-14)9-18-19-16(21)15-2-1-7-25-15/h1-9H,(H,19,21)/b18-9-. The van der Waals surface area contributed by atoms with Crippen LogP contribution in [0, 0.1) is 10.1 Å². The van der Waals surface area contributed by atoms with Crippen molar-refractivity contribution in [3.05, 3.63) is 73.1 Å². The first-order chi connectivity index (χ1) is 12.0. The SMILES string of the molecule is O=C(N/N=C\c1ccc(-c2ccc([N+](=O)[O-])cc2Br)o1)c1cccs1. The molecule has 1 aromatic carbocycles. The first-order valence-corrected chi connectivity index (χ1v) is 8.63. The summed E-state index contributed by atoms with van der Waals surface area (Å²) in [7, 11) is 0. The minimum atomic E-state index is -0.467. The van der Waals surface area contributed by atoms with Crippen molar-refractivity contribution >= 4 is 45.1 Å². The fraction of sp³-hybridized carbons (Fsp3) is 0. The zero-order valence-corrected chi connectivity index (χ0v) is 14.9. The maximum absolute atomic E-state index is 11.7. The topological polar surface area (TPSA) is 97.7 Å². The molecule has 0 bridgehead atoms. The fourth-order valence-electron chi connectivity index (χ4n) is 2.00. The normalized spacial score (nSPS) is 10.9. The molecule has 0 aliphatic heterocycles. The van der Waals surface area contributed by atoms with Crippen LogP contribution in [-0.2, 0) is 0 Å². The average Bonchev–Trinajstić information content (AvgIpc) is 3.26. The van der Waals surface area contributed by atoms with E-state index in [0.29, 0.717) is 26.4 Å². The summed E-state index contributed by atoms with van der Waals surface area (Å²) in [6.45, 7) is 0. The maximum Gasteiger partial charge on any atom is 0.281 e. The number of carbonyl (C=O) groups is 1. The van der Waals surface area contributed by atoms with Crippen LogP contribution in [0.15, 0.2) is 61.8 Å². The van der Waals surface area contributed by atoms with Crippen LogP contribution in [0.3, 0.4) is 0 Å². The molecular formula is C16H10BrN3O4S. The Kier molecular flexibility index (Phi) is 5.05. The van der Waals surface area contributed by atoms with Crippen molar-refractivity contribution in [2.24, 2.45) is 5.10 Å². The van der Waals surface area contributed by atoms with Crippen molar-refractivity contribution < 1.29 is 14.1 Å². The molecule has 126 valence electrons. The highest BCUT2D eigenvalue weighted by Gasteiger charge is 2.13. The maximum atomic E-state index is 11.7. The highest BCUT2D eigenvalue weighted by Crippen LogP contribution is 2.32. The molecule has 2 aromatic heterocycles. The van der Waals surface area contributed by atoms with E-state index in [1.165, 1.54) is 29.7 Å². The van der Waals surface area contributed by atoms with Crippen LogP contribution in [0.2, 0.25) is 0 Å². The molecule has 7 nitrogen and oxygen atoms in total. The molecule has 0 saturated heterocycles. The Hall–Kier alpha value is -2.78. The lowest BCUT2D eigenvalue weighted by molar-refractivity contribution is -0.384. The molecule has 1 N–H and O–H groups in total. The molecule has 0 aliphatic rings. The summed E-state index contributed by atoms with van der Waals surface area (Å²) >= 11 is 4.62. The second-order valence-corrected chi connectivity index (χ2v) is 6.60. The van der Waals surface area contributed by atoms with Crippen LogP contribution >= 0.6 is 27.3 Å². The number of hydrazone groups is 1. The third kappa shape index (κ3) is 4.01. The summed E-state index contributed by atoms with van der Waals surface area (Å²) in [6.07, 6.45) is 1.38. The van der Waals surface area contributed by atoms with Gasteiger partial charge in [-0.15, -0.1) is 11.3 Å². The van der Waals surface area contributed by atoms with Crippen molar-refractivity contribution in [2.45, 2.75) is 0 Å². The van der Waals surface area contributed by atoms with Gasteiger partial charge in [0.25, 0.3) is 11.6 Å². The van der Waals surface area contributed by atoms with Gasteiger partial charge in [0.2, 0.25) is 0 Å². The number of thiophene rings is 1. The molecule has 0 atom stereocenters. The molecule has 0 unspecified atom stereocenters. The molecule has 0 radical (unpaired) electrons. The molecular weight excluding hydrogens is 410 g/mol. The van der Waals surface area contributed by atoms with Gasteiger partial charge in [-0.1, -0.05) is 6.07 Å². The number of nitro benzene ring substituents is 1. The smallest absolute Gasteiger partial charge is 0.281 e. The predicted molar refractivity (Wildman–Crippen MR) is 97.9 cm³/mol. The largest absolute Gasteiger partial charge is 0.455 e. The summed E-state index contributed by atoms with van der Waals surface area (Å²) in [5.74, 6) is 0.663. The Labute approximate surface area is 154 Å². The number of nitrogens with zero attached hydrogens (tertiary/aromatic N) is 2. The number of furan rings is 1. The molecule has 0 aliphatic carbocycles. The molecule has 0 spiro atoms. The molecule has 9 heteroatoms. The number of carbonyl (C=O) groups excluding carboxylic acids is 1. The lowest BCUT2D eigenvalue weighted by Gasteiger charge is -2.00. The predicted octanol–water partition coefficient (Wildman–Crippen LogP) is 4.44. The van der Waals surface area contributed by atoms with E-state index in [2.05, 4.69) is 26.5 Å². The summed E-state index contributed by atoms with van der Waals surface area (Å²) < 4.78 is 6.17. The number of benzene rings is 1. The lowest BCUT2D eigenvalue weighted by atomic mass is 10.1. The van der Waals surface area contributed by atoms with E-state index in [1.807, 2.05) is 0 Å². The Morgan fingerprint density at radius 2 is 2.16 bits per heavy atom. The molecule has 2 heterocycles. The van der Waals surface area contributed by atoms with Crippen LogP contribution in [0.25, 0.3) is 11.3 Å². The Bertz CT molecular complexity index is 950. The molecule has 0 saturated carbocycles. The molecule has 0 fully saturated rings. The molecule has 1 amide bonds. The minimum absolute atomic E-state index is 0.0137. The number of rotatable bonds is 5. The van der Waals surface area contributed by atoms with E-state index < -0.39 is 4.92 Å². The third-order valence-corrected chi connectivity index (χ3v) is 4.68. The van der Waals surface area contributed by atoms with E-state index in [9.17, 15) is 14.9 Å². The molecule has 3 aromatic rings. The Balaban J connectivity index is 1.71. The second kappa shape index (κ2) is 7.41. The molecule has 3 rings (SSSR count). The van der Waals surface area contributed by atoms with Crippen LogP contribution < -0.4 is 5.43 Å². The number of hydrogen-bond acceptors (Lipinski definition) is 6. The van der Waals surface area contributed by atoms with Gasteiger partial charge in [-0.2, -0.15) is 5.10 Å². The van der Waals surface area contributed by atoms with Gasteiger partial charge in [0, 0.05) is 22.2 Å². The Morgan fingerprint density at radius 1 is 1.32 bits per heavy atom. The number of non-ortho nitro benzene ring substituents is 1. The van der Waals surface area contributed by atoms with Gasteiger partial charge < -0.3 is 4.42 Å². The number of amides is 1. The van der Waals surface area contributed by atoms with E-state index >= 15 is 0 Å². The van der Waals surface area contributed by atoms with Gasteiger partial charge in [0.15, 0.2) is 0 Å². The van der Waals surface area contributed by atoms with Gasteiger partial charge in [0.05, 0.1) is 16.0 Å². The Morgan fingerprint density at radius 3 is 2.84 bits per heavy atom. The van der Waals surface area contributed by atoms with Crippen LogP contribution in [-0.4, -0.2) is 17.0 Å². The number of hydrogen-bond donors (Lipinski definition) is 1. The van der Waals surface area contributed by atoms with Crippen molar-refractivity contribution in [2.75, 3.05) is 0 Å². The van der Waals surface area contributed by atoms with E-state index in [1.54, 1.807) is 35.7 Å². The minimum Gasteiger partial charge on any atom is -0.455 e. The zero-order valence-electron chi connectivity index (χ0n) is 12.5. The monoisotopic (exact) mass is 419 g/mol. The van der Waals surface area contributed by atoms with E-state index in [-0.39, 0.29) is 11.6 Å². The zero-order chi connectivity index (χ0) is 17.8. The van der Waals surface area contributed by atoms with Crippen molar-refractivity contribution in [3.8, 4) is 11.3 Å². The van der Waals surface area contributed by atoms with Crippen LogP contribution in [0.1, 0.15) is 15.4 Å². The highest BCUT2D eigenvalue weighted by atomic mass is 79.9. The first-order valence-electron chi connectivity index (χ1n) is 6.95. The fourth-order valence-corrected chi connectivity index (χ4v) is 3.18. The van der Waals surface area contributed by atoms with Crippen molar-refractivity contribution in [1.29, 1.82) is 0 Å². The van der Waals surface area contributed by atoms with Crippen LogP contribution in [0.4, 0.5) is 5.69 Å². The number of halogens is 1. The highest BCUT2D eigenvalue weighted by molar-refractivity contribution is 9.10. The van der Waals surface area contributed by atoms with Gasteiger partial charge in [-0.05, 0) is 45.6 Å². The summed E-state index contributed by atoms with van der Waals surface area (Å²) in [4.78, 5) is 22.6. The van der Waals surface area contributed by atoms with E-state index in [4.69, 9.17) is 4.42 Å². The van der Waals surface area contributed by atoms with Gasteiger partial charge >= 0.3 is 0 Å². The van der Waals surface area contributed by atoms with Gasteiger partial charge in [-0.3, -0.25) is 14.9 Å². The second-order valence-electron chi connectivity index (χ2n) is 4.80. The molecule has 25 heavy (non-hydrogen) atoms. The van der Waals surface area contributed by atoms with Gasteiger partial charge in [-0.25, -0.2) is 5.43 Å². The van der Waals surface area contributed by atoms with Crippen molar-refractivity contribution in [1.82, 2.24) is 5.43 Å². The number of nitro groups is 1. The van der Waals surface area contributed by atoms with Gasteiger partial charge in [0.1, 0.15) is 11.5 Å².